The van der Waals surface area contributed by atoms with Crippen LogP contribution in [-0.2, 0) is 6.61 Å². The summed E-state index contributed by atoms with van der Waals surface area (Å²) < 4.78 is 11.8. The van der Waals surface area contributed by atoms with E-state index in [1.807, 2.05) is 24.3 Å². The second-order valence-electron chi connectivity index (χ2n) is 5.74. The Labute approximate surface area is 123 Å². The fraction of sp³-hybridized carbons (Fsp3) is 0.375. The summed E-state index contributed by atoms with van der Waals surface area (Å²) in [4.78, 5) is 1.21. The third-order valence-electron chi connectivity index (χ3n) is 3.44. The molecule has 106 valence electrons. The molecular weight excluding hydrogens is 270 g/mol. The Morgan fingerprint density at radius 2 is 2.25 bits per heavy atom. The summed E-state index contributed by atoms with van der Waals surface area (Å²) in [6.07, 6.45) is 0.829. The smallest absolute Gasteiger partial charge is 0.128 e. The first-order chi connectivity index (χ1) is 9.53. The lowest BCUT2D eigenvalue weighted by Crippen LogP contribution is -2.37. The predicted molar refractivity (Wildman–Crippen MR) is 81.3 cm³/mol. The van der Waals surface area contributed by atoms with Crippen molar-refractivity contribution in [3.63, 3.8) is 0 Å². The molecular formula is C16H19NO2S. The number of rotatable bonds is 3. The van der Waals surface area contributed by atoms with Crippen molar-refractivity contribution in [3.05, 3.63) is 46.2 Å². The van der Waals surface area contributed by atoms with E-state index in [9.17, 15) is 0 Å². The van der Waals surface area contributed by atoms with Crippen LogP contribution in [0.3, 0.4) is 0 Å². The van der Waals surface area contributed by atoms with Gasteiger partial charge >= 0.3 is 0 Å². The lowest BCUT2D eigenvalue weighted by atomic mass is 9.90. The van der Waals surface area contributed by atoms with Gasteiger partial charge in [-0.3, -0.25) is 0 Å². The second-order valence-corrected chi connectivity index (χ2v) is 6.77. The molecule has 1 aromatic heterocycles. The average molecular weight is 289 g/mol. The maximum atomic E-state index is 6.20. The van der Waals surface area contributed by atoms with Crippen LogP contribution in [0.2, 0.25) is 0 Å². The standard InChI is InChI=1S/C16H19NO2S/c1-16(2)9-14(17)13-6-5-11(8-15(13)19-16)18-10-12-4-3-7-20-12/h3-8,14H,9-10,17H2,1-2H3. The van der Waals surface area contributed by atoms with E-state index >= 15 is 0 Å². The molecule has 0 fully saturated rings. The van der Waals surface area contributed by atoms with E-state index in [0.717, 1.165) is 23.5 Å². The minimum atomic E-state index is -0.223. The highest BCUT2D eigenvalue weighted by atomic mass is 32.1. The molecule has 1 aromatic carbocycles. The summed E-state index contributed by atoms with van der Waals surface area (Å²) in [5.74, 6) is 1.67. The molecule has 1 atom stereocenters. The molecule has 0 saturated heterocycles. The summed E-state index contributed by atoms with van der Waals surface area (Å²) >= 11 is 1.69. The first-order valence-electron chi connectivity index (χ1n) is 6.77. The molecule has 0 radical (unpaired) electrons. The molecule has 0 amide bonds. The van der Waals surface area contributed by atoms with Crippen LogP contribution < -0.4 is 15.2 Å². The van der Waals surface area contributed by atoms with E-state index in [4.69, 9.17) is 15.2 Å². The largest absolute Gasteiger partial charge is 0.488 e. The lowest BCUT2D eigenvalue weighted by molar-refractivity contribution is 0.0724. The third-order valence-corrected chi connectivity index (χ3v) is 4.29. The highest BCUT2D eigenvalue weighted by Gasteiger charge is 2.31. The van der Waals surface area contributed by atoms with E-state index in [1.54, 1.807) is 11.3 Å². The van der Waals surface area contributed by atoms with Crippen molar-refractivity contribution in [2.24, 2.45) is 5.73 Å². The normalized spacial score (nSPS) is 20.1. The van der Waals surface area contributed by atoms with Crippen LogP contribution in [0.15, 0.2) is 35.7 Å². The van der Waals surface area contributed by atoms with Crippen molar-refractivity contribution < 1.29 is 9.47 Å². The maximum absolute atomic E-state index is 6.20. The number of benzene rings is 1. The van der Waals surface area contributed by atoms with Crippen molar-refractivity contribution in [3.8, 4) is 11.5 Å². The monoisotopic (exact) mass is 289 g/mol. The van der Waals surface area contributed by atoms with Gasteiger partial charge in [-0.25, -0.2) is 0 Å². The summed E-state index contributed by atoms with van der Waals surface area (Å²) in [6, 6.07) is 10.1. The molecule has 0 saturated carbocycles. The quantitative estimate of drug-likeness (QED) is 0.932. The molecule has 1 unspecified atom stereocenters. The van der Waals surface area contributed by atoms with Crippen molar-refractivity contribution in [1.82, 2.24) is 0 Å². The van der Waals surface area contributed by atoms with Crippen LogP contribution in [0.1, 0.15) is 36.8 Å². The van der Waals surface area contributed by atoms with E-state index in [1.165, 1.54) is 4.88 Å². The van der Waals surface area contributed by atoms with Gasteiger partial charge in [0.1, 0.15) is 23.7 Å². The maximum Gasteiger partial charge on any atom is 0.128 e. The molecule has 1 aliphatic heterocycles. The molecule has 4 heteroatoms. The third kappa shape index (κ3) is 2.81. The number of fused-ring (bicyclic) bond motifs is 1. The Kier molecular flexibility index (Phi) is 3.44. The number of hydrogen-bond acceptors (Lipinski definition) is 4. The highest BCUT2D eigenvalue weighted by Crippen LogP contribution is 2.40. The van der Waals surface area contributed by atoms with Gasteiger partial charge in [0, 0.05) is 29.0 Å². The van der Waals surface area contributed by atoms with E-state index in [0.29, 0.717) is 6.61 Å². The van der Waals surface area contributed by atoms with Crippen LogP contribution in [0.5, 0.6) is 11.5 Å². The number of nitrogens with two attached hydrogens (primary N) is 1. The fourth-order valence-electron chi connectivity index (χ4n) is 2.53. The van der Waals surface area contributed by atoms with Gasteiger partial charge in [0.15, 0.2) is 0 Å². The van der Waals surface area contributed by atoms with E-state index in [-0.39, 0.29) is 11.6 Å². The number of thiophene rings is 1. The molecule has 1 aliphatic rings. The van der Waals surface area contributed by atoms with Crippen molar-refractivity contribution >= 4 is 11.3 Å². The Morgan fingerprint density at radius 3 is 3.00 bits per heavy atom. The van der Waals surface area contributed by atoms with Crippen LogP contribution in [-0.4, -0.2) is 5.60 Å². The summed E-state index contributed by atoms with van der Waals surface area (Å²) in [5.41, 5.74) is 7.04. The topological polar surface area (TPSA) is 44.5 Å². The SMILES string of the molecule is CC1(C)CC(N)c2ccc(OCc3cccs3)cc2O1. The average Bonchev–Trinajstić information content (AvgIpc) is 2.87. The molecule has 2 aromatic rings. The minimum Gasteiger partial charge on any atom is -0.488 e. The van der Waals surface area contributed by atoms with Gasteiger partial charge in [0.2, 0.25) is 0 Å². The van der Waals surface area contributed by atoms with E-state index in [2.05, 4.69) is 25.3 Å². The minimum absolute atomic E-state index is 0.0279. The Bertz CT molecular complexity index is 593. The highest BCUT2D eigenvalue weighted by molar-refractivity contribution is 7.09. The molecule has 20 heavy (non-hydrogen) atoms. The van der Waals surface area contributed by atoms with Crippen LogP contribution >= 0.6 is 11.3 Å². The van der Waals surface area contributed by atoms with Crippen molar-refractivity contribution in [2.45, 2.75) is 38.5 Å². The van der Waals surface area contributed by atoms with Gasteiger partial charge in [-0.1, -0.05) is 12.1 Å². The van der Waals surface area contributed by atoms with Crippen molar-refractivity contribution in [1.29, 1.82) is 0 Å². The zero-order valence-corrected chi connectivity index (χ0v) is 12.6. The van der Waals surface area contributed by atoms with Gasteiger partial charge in [-0.05, 0) is 31.4 Å². The summed E-state index contributed by atoms with van der Waals surface area (Å²) in [7, 11) is 0. The van der Waals surface area contributed by atoms with E-state index < -0.39 is 0 Å². The van der Waals surface area contributed by atoms with Crippen LogP contribution in [0.4, 0.5) is 0 Å². The predicted octanol–water partition coefficient (Wildman–Crippen LogP) is 3.89. The number of hydrogen-bond donors (Lipinski definition) is 1. The molecule has 0 bridgehead atoms. The molecule has 0 spiro atoms. The van der Waals surface area contributed by atoms with Gasteiger partial charge in [-0.2, -0.15) is 0 Å². The van der Waals surface area contributed by atoms with Crippen LogP contribution in [0, 0.1) is 0 Å². The molecule has 3 nitrogen and oxygen atoms in total. The van der Waals surface area contributed by atoms with Crippen LogP contribution in [0.25, 0.3) is 0 Å². The van der Waals surface area contributed by atoms with Gasteiger partial charge in [0.25, 0.3) is 0 Å². The zero-order valence-electron chi connectivity index (χ0n) is 11.8. The Hall–Kier alpha value is -1.52. The summed E-state index contributed by atoms with van der Waals surface area (Å²) in [5, 5.41) is 2.05. The molecule has 2 N–H and O–H groups in total. The molecule has 3 rings (SSSR count). The second kappa shape index (κ2) is 5.11. The number of ether oxygens (including phenoxy) is 2. The van der Waals surface area contributed by atoms with Gasteiger partial charge in [-0.15, -0.1) is 11.3 Å². The fourth-order valence-corrected chi connectivity index (χ4v) is 3.14. The summed E-state index contributed by atoms with van der Waals surface area (Å²) in [6.45, 7) is 4.72. The van der Waals surface area contributed by atoms with Gasteiger partial charge in [0.05, 0.1) is 0 Å². The van der Waals surface area contributed by atoms with Crippen molar-refractivity contribution in [2.75, 3.05) is 0 Å². The Morgan fingerprint density at radius 1 is 1.40 bits per heavy atom. The first kappa shape index (κ1) is 13.5. The lowest BCUT2D eigenvalue weighted by Gasteiger charge is -2.36. The first-order valence-corrected chi connectivity index (χ1v) is 7.65. The van der Waals surface area contributed by atoms with Gasteiger partial charge < -0.3 is 15.2 Å². The zero-order chi connectivity index (χ0) is 14.2. The Balaban J connectivity index is 1.78. The molecule has 0 aliphatic carbocycles. The molecule has 2 heterocycles.